The molecule has 0 radical (unpaired) electrons. The lowest BCUT2D eigenvalue weighted by Gasteiger charge is -2.09. The van der Waals surface area contributed by atoms with Crippen LogP contribution in [-0.4, -0.2) is 24.9 Å². The quantitative estimate of drug-likeness (QED) is 0.169. The highest BCUT2D eigenvalue weighted by Gasteiger charge is 2.19. The van der Waals surface area contributed by atoms with Crippen LogP contribution in [0.15, 0.2) is 176 Å². The molecule has 0 saturated carbocycles. The number of rotatable bonds is 6. The second-order valence-corrected chi connectivity index (χ2v) is 15.8. The summed E-state index contributed by atoms with van der Waals surface area (Å²) in [5.74, 6) is 2.70. The highest BCUT2D eigenvalue weighted by molar-refractivity contribution is 7.26. The topological polar surface area (TPSA) is 64.5 Å². The van der Waals surface area contributed by atoms with Crippen molar-refractivity contribution in [1.29, 1.82) is 0 Å². The van der Waals surface area contributed by atoms with E-state index in [-0.39, 0.29) is 0 Å². The van der Waals surface area contributed by atoms with Gasteiger partial charge in [-0.1, -0.05) is 158 Å². The molecule has 0 bridgehead atoms. The monoisotopic (exact) mass is 751 g/mol. The van der Waals surface area contributed by atoms with E-state index in [4.69, 9.17) is 24.9 Å². The van der Waals surface area contributed by atoms with E-state index in [0.29, 0.717) is 17.5 Å². The van der Waals surface area contributed by atoms with Gasteiger partial charge in [0.15, 0.2) is 23.3 Å². The number of benzene rings is 7. The molecule has 0 aliphatic carbocycles. The highest BCUT2D eigenvalue weighted by Crippen LogP contribution is 2.42. The molecule has 0 aliphatic rings. The maximum absolute atomic E-state index is 5.17. The molecule has 0 N–H and O–H groups in total. The summed E-state index contributed by atoms with van der Waals surface area (Å²) in [6.07, 6.45) is 0. The molecular formula is C49H29N5S2. The van der Waals surface area contributed by atoms with Crippen LogP contribution in [0.25, 0.3) is 108 Å². The average molecular weight is 752 g/mol. The van der Waals surface area contributed by atoms with Crippen LogP contribution in [0.4, 0.5) is 0 Å². The van der Waals surface area contributed by atoms with Crippen molar-refractivity contribution in [2.75, 3.05) is 0 Å². The number of thiophene rings is 2. The van der Waals surface area contributed by atoms with Gasteiger partial charge < -0.3 is 0 Å². The van der Waals surface area contributed by atoms with Crippen LogP contribution in [0.1, 0.15) is 0 Å². The van der Waals surface area contributed by atoms with Crippen molar-refractivity contribution >= 4 is 63.1 Å². The minimum Gasteiger partial charge on any atom is -0.226 e. The van der Waals surface area contributed by atoms with E-state index in [2.05, 4.69) is 109 Å². The summed E-state index contributed by atoms with van der Waals surface area (Å²) in [7, 11) is 0. The third kappa shape index (κ3) is 5.64. The minimum absolute atomic E-state index is 0.656. The first kappa shape index (κ1) is 32.5. The van der Waals surface area contributed by atoms with Gasteiger partial charge in [-0.25, -0.2) is 24.9 Å². The van der Waals surface area contributed by atoms with Crippen LogP contribution < -0.4 is 0 Å². The zero-order chi connectivity index (χ0) is 37.0. The van der Waals surface area contributed by atoms with E-state index in [1.807, 2.05) is 66.7 Å². The van der Waals surface area contributed by atoms with Crippen LogP contribution >= 0.6 is 22.7 Å². The van der Waals surface area contributed by atoms with Crippen LogP contribution in [-0.2, 0) is 0 Å². The summed E-state index contributed by atoms with van der Waals surface area (Å²) in [6.45, 7) is 0. The van der Waals surface area contributed by atoms with Crippen molar-refractivity contribution in [2.45, 2.75) is 0 Å². The molecule has 0 spiro atoms. The summed E-state index contributed by atoms with van der Waals surface area (Å²) >= 11 is 3.53. The third-order valence-corrected chi connectivity index (χ3v) is 12.6. The molecule has 0 aliphatic heterocycles. The molecule has 262 valence electrons. The number of hydrogen-bond donors (Lipinski definition) is 0. The number of fused-ring (bicyclic) bond motifs is 6. The van der Waals surface area contributed by atoms with Gasteiger partial charge in [0.1, 0.15) is 0 Å². The molecule has 4 heterocycles. The summed E-state index contributed by atoms with van der Waals surface area (Å²) in [4.78, 5) is 25.3. The lowest BCUT2D eigenvalue weighted by molar-refractivity contribution is 1.08. The normalized spacial score (nSPS) is 11.6. The van der Waals surface area contributed by atoms with E-state index >= 15 is 0 Å². The number of hydrogen-bond acceptors (Lipinski definition) is 7. The fourth-order valence-corrected chi connectivity index (χ4v) is 9.81. The standard InChI is InChI=1S/C49H29N5S2/c1-4-13-31(14-5-1)42-45-43(38-19-10-11-22-40(38)55-45)51-46(50-42)34-25-23-30(24-26-34)35-27-28-36-37-20-12-21-39(44(37)56-41(36)29-35)49-53-47(32-15-6-2-7-16-32)52-48(54-49)33-17-8-3-9-18-33/h1-29H. The lowest BCUT2D eigenvalue weighted by atomic mass is 10.0. The second kappa shape index (κ2) is 13.4. The molecule has 56 heavy (non-hydrogen) atoms. The van der Waals surface area contributed by atoms with Crippen LogP contribution in [0, 0.1) is 0 Å². The Morgan fingerprint density at radius 1 is 0.304 bits per heavy atom. The predicted molar refractivity (Wildman–Crippen MR) is 234 cm³/mol. The maximum atomic E-state index is 5.17. The lowest BCUT2D eigenvalue weighted by Crippen LogP contribution is -2.00. The first-order valence-corrected chi connectivity index (χ1v) is 20.0. The van der Waals surface area contributed by atoms with E-state index in [1.54, 1.807) is 22.7 Å². The minimum atomic E-state index is 0.656. The largest absolute Gasteiger partial charge is 0.226 e. The Hall–Kier alpha value is -6.93. The van der Waals surface area contributed by atoms with E-state index in [0.717, 1.165) is 70.8 Å². The Morgan fingerprint density at radius 3 is 1.55 bits per heavy atom. The fourth-order valence-electron chi connectivity index (χ4n) is 7.41. The molecule has 0 saturated heterocycles. The first-order valence-electron chi connectivity index (χ1n) is 18.4. The summed E-state index contributed by atoms with van der Waals surface area (Å²) in [5.41, 5.74) is 9.24. The van der Waals surface area contributed by atoms with Gasteiger partial charge in [0, 0.05) is 58.1 Å². The van der Waals surface area contributed by atoms with Crippen LogP contribution in [0.5, 0.6) is 0 Å². The van der Waals surface area contributed by atoms with Gasteiger partial charge in [0.25, 0.3) is 0 Å². The van der Waals surface area contributed by atoms with Crippen molar-refractivity contribution in [1.82, 2.24) is 24.9 Å². The van der Waals surface area contributed by atoms with E-state index in [1.165, 1.54) is 20.2 Å². The second-order valence-electron chi connectivity index (χ2n) is 13.6. The number of nitrogens with zero attached hydrogens (tertiary/aromatic N) is 5. The van der Waals surface area contributed by atoms with E-state index < -0.39 is 0 Å². The van der Waals surface area contributed by atoms with Crippen molar-refractivity contribution < 1.29 is 0 Å². The molecular weight excluding hydrogens is 723 g/mol. The summed E-state index contributed by atoms with van der Waals surface area (Å²) in [6, 6.07) is 61.0. The molecule has 0 amide bonds. The molecule has 11 rings (SSSR count). The Morgan fingerprint density at radius 2 is 0.839 bits per heavy atom. The predicted octanol–water partition coefficient (Wildman–Crippen LogP) is 13.4. The SMILES string of the molecule is c1ccc(-c2nc(-c3ccccc3)nc(-c3cccc4c3sc3cc(-c5ccc(-c6nc(-c7ccccc7)c7sc8ccccc8c7n6)cc5)ccc34)n2)cc1. The summed E-state index contributed by atoms with van der Waals surface area (Å²) in [5, 5.41) is 3.56. The van der Waals surface area contributed by atoms with Gasteiger partial charge in [-0.3, -0.25) is 0 Å². The molecule has 5 nitrogen and oxygen atoms in total. The fraction of sp³-hybridized carbons (Fsp3) is 0. The number of aromatic nitrogens is 5. The van der Waals surface area contributed by atoms with Gasteiger partial charge in [-0.15, -0.1) is 22.7 Å². The van der Waals surface area contributed by atoms with Crippen molar-refractivity contribution in [3.05, 3.63) is 176 Å². The zero-order valence-electron chi connectivity index (χ0n) is 29.8. The molecule has 7 aromatic carbocycles. The first-order chi connectivity index (χ1) is 27.7. The molecule has 0 atom stereocenters. The van der Waals surface area contributed by atoms with Crippen molar-refractivity contribution in [3.8, 4) is 67.9 Å². The van der Waals surface area contributed by atoms with Gasteiger partial charge in [-0.2, -0.15) is 0 Å². The Kier molecular flexibility index (Phi) is 7.79. The third-order valence-electron chi connectivity index (χ3n) is 10.2. The average Bonchev–Trinajstić information content (AvgIpc) is 3.85. The Labute approximate surface area is 330 Å². The summed E-state index contributed by atoms with van der Waals surface area (Å²) < 4.78 is 4.69. The molecule has 0 fully saturated rings. The molecule has 7 heteroatoms. The Balaban J connectivity index is 0.986. The van der Waals surface area contributed by atoms with Crippen LogP contribution in [0.3, 0.4) is 0 Å². The maximum Gasteiger partial charge on any atom is 0.165 e. The van der Waals surface area contributed by atoms with Crippen molar-refractivity contribution in [2.24, 2.45) is 0 Å². The van der Waals surface area contributed by atoms with Gasteiger partial charge in [0.05, 0.1) is 15.9 Å². The zero-order valence-corrected chi connectivity index (χ0v) is 31.4. The van der Waals surface area contributed by atoms with Crippen LogP contribution in [0.2, 0.25) is 0 Å². The van der Waals surface area contributed by atoms with Gasteiger partial charge in [-0.05, 0) is 29.3 Å². The van der Waals surface area contributed by atoms with Gasteiger partial charge in [0.2, 0.25) is 0 Å². The van der Waals surface area contributed by atoms with Crippen molar-refractivity contribution in [3.63, 3.8) is 0 Å². The molecule has 0 unspecified atom stereocenters. The smallest absolute Gasteiger partial charge is 0.165 e. The van der Waals surface area contributed by atoms with Gasteiger partial charge >= 0.3 is 0 Å². The molecule has 11 aromatic rings. The Bertz CT molecular complexity index is 3170. The molecule has 4 aromatic heterocycles. The van der Waals surface area contributed by atoms with E-state index in [9.17, 15) is 0 Å². The highest BCUT2D eigenvalue weighted by atomic mass is 32.1.